The van der Waals surface area contributed by atoms with E-state index in [-0.39, 0.29) is 0 Å². The lowest BCUT2D eigenvalue weighted by Crippen LogP contribution is -2.57. The maximum Gasteiger partial charge on any atom is 0.244 e. The summed E-state index contributed by atoms with van der Waals surface area (Å²) in [7, 11) is 0. The lowest BCUT2D eigenvalue weighted by atomic mass is 9.54. The molecule has 0 unspecified atom stereocenters. The summed E-state index contributed by atoms with van der Waals surface area (Å²) in [5.74, 6) is -3.27. The number of rotatable bonds is 3. The van der Waals surface area contributed by atoms with Gasteiger partial charge in [-0.1, -0.05) is 84.9 Å². The standard InChI is InChI=1S/C30H20Cl2N2O3/c31-29-19-11-3-4-12-20(19)30(32,22-14-6-5-13-21(22)29)26-25(29)27(36)34(28(26)37)16-24(35)33-23-15-7-9-17-8-1-2-10-18(17)23/h1-15,25-26H,16H2,(H,33,35)/t25-,26+,29?,30?. The second-order valence-electron chi connectivity index (χ2n) is 9.81. The molecular formula is C30H20Cl2N2O3. The van der Waals surface area contributed by atoms with Crippen LogP contribution in [0.4, 0.5) is 5.69 Å². The number of carbonyl (C=O) groups excluding carboxylic acids is 3. The highest BCUT2D eigenvalue weighted by molar-refractivity contribution is 6.36. The summed E-state index contributed by atoms with van der Waals surface area (Å²) in [6.07, 6.45) is 0. The number of anilines is 1. The van der Waals surface area contributed by atoms with Crippen LogP contribution in [0.3, 0.4) is 0 Å². The Morgan fingerprint density at radius 2 is 1.16 bits per heavy atom. The fraction of sp³-hybridized carbons (Fsp3) is 0.167. The lowest BCUT2D eigenvalue weighted by molar-refractivity contribution is -0.142. The van der Waals surface area contributed by atoms with Crippen LogP contribution in [0.25, 0.3) is 10.8 Å². The van der Waals surface area contributed by atoms with Crippen LogP contribution in [0.5, 0.6) is 0 Å². The van der Waals surface area contributed by atoms with Gasteiger partial charge in [0.15, 0.2) is 0 Å². The first-order valence-corrected chi connectivity index (χ1v) is 12.8. The maximum atomic E-state index is 13.9. The van der Waals surface area contributed by atoms with E-state index < -0.39 is 45.9 Å². The van der Waals surface area contributed by atoms with Gasteiger partial charge in [0, 0.05) is 11.1 Å². The van der Waals surface area contributed by atoms with E-state index in [0.717, 1.165) is 37.9 Å². The first-order valence-electron chi connectivity index (χ1n) is 12.1. The third kappa shape index (κ3) is 2.79. The van der Waals surface area contributed by atoms with Crippen molar-refractivity contribution in [3.05, 3.63) is 113 Å². The second-order valence-corrected chi connectivity index (χ2v) is 11.0. The quantitative estimate of drug-likeness (QED) is 0.288. The van der Waals surface area contributed by atoms with Gasteiger partial charge in [-0.05, 0) is 33.7 Å². The van der Waals surface area contributed by atoms with Crippen LogP contribution in [0.1, 0.15) is 22.3 Å². The number of imide groups is 1. The molecule has 1 aliphatic heterocycles. The molecule has 2 bridgehead atoms. The third-order valence-corrected chi connectivity index (χ3v) is 9.33. The zero-order valence-corrected chi connectivity index (χ0v) is 21.0. The van der Waals surface area contributed by atoms with Gasteiger partial charge in [0.25, 0.3) is 0 Å². The number of nitrogens with zero attached hydrogens (tertiary/aromatic N) is 1. The van der Waals surface area contributed by atoms with Crippen LogP contribution in [0.15, 0.2) is 91.0 Å². The molecule has 1 saturated heterocycles. The highest BCUT2D eigenvalue weighted by Crippen LogP contribution is 2.69. The largest absolute Gasteiger partial charge is 0.324 e. The average molecular weight is 527 g/mol. The lowest BCUT2D eigenvalue weighted by Gasteiger charge is -2.54. The number of amides is 3. The van der Waals surface area contributed by atoms with E-state index in [1.807, 2.05) is 84.9 Å². The summed E-state index contributed by atoms with van der Waals surface area (Å²) in [6, 6.07) is 28.2. The van der Waals surface area contributed by atoms with Crippen LogP contribution in [0, 0.1) is 11.8 Å². The van der Waals surface area contributed by atoms with E-state index in [1.165, 1.54) is 0 Å². The van der Waals surface area contributed by atoms with Crippen molar-refractivity contribution in [1.29, 1.82) is 0 Å². The fourth-order valence-electron chi connectivity index (χ4n) is 6.55. The molecular weight excluding hydrogens is 507 g/mol. The molecule has 1 fully saturated rings. The van der Waals surface area contributed by atoms with Crippen LogP contribution in [0.2, 0.25) is 0 Å². The van der Waals surface area contributed by atoms with Crippen molar-refractivity contribution in [2.75, 3.05) is 11.9 Å². The van der Waals surface area contributed by atoms with Gasteiger partial charge < -0.3 is 5.32 Å². The van der Waals surface area contributed by atoms with E-state index >= 15 is 0 Å². The highest BCUT2D eigenvalue weighted by Gasteiger charge is 2.73. The Morgan fingerprint density at radius 1 is 0.703 bits per heavy atom. The summed E-state index contributed by atoms with van der Waals surface area (Å²) < 4.78 is 0. The van der Waals surface area contributed by atoms with Crippen molar-refractivity contribution >= 4 is 57.4 Å². The maximum absolute atomic E-state index is 13.9. The van der Waals surface area contributed by atoms with Gasteiger partial charge in [-0.2, -0.15) is 0 Å². The Morgan fingerprint density at radius 3 is 1.70 bits per heavy atom. The smallest absolute Gasteiger partial charge is 0.244 e. The van der Waals surface area contributed by atoms with Crippen LogP contribution in [-0.4, -0.2) is 29.2 Å². The van der Waals surface area contributed by atoms with E-state index in [9.17, 15) is 14.4 Å². The number of benzene rings is 4. The molecule has 3 amide bonds. The summed E-state index contributed by atoms with van der Waals surface area (Å²) in [4.78, 5) is 39.4. The molecule has 4 aliphatic rings. The van der Waals surface area contributed by atoms with Crippen molar-refractivity contribution < 1.29 is 14.4 Å². The summed E-state index contributed by atoms with van der Waals surface area (Å²) in [5, 5.41) is 4.72. The number of hydrogen-bond acceptors (Lipinski definition) is 3. The summed E-state index contributed by atoms with van der Waals surface area (Å²) >= 11 is 14.8. The van der Waals surface area contributed by atoms with E-state index in [4.69, 9.17) is 23.2 Å². The van der Waals surface area contributed by atoms with Gasteiger partial charge >= 0.3 is 0 Å². The summed E-state index contributed by atoms with van der Waals surface area (Å²) in [6.45, 7) is -0.416. The Bertz CT molecular complexity index is 1540. The number of carbonyl (C=O) groups is 3. The third-order valence-electron chi connectivity index (χ3n) is 8.04. The van der Waals surface area contributed by atoms with Gasteiger partial charge in [-0.25, -0.2) is 0 Å². The molecule has 1 heterocycles. The molecule has 3 aliphatic carbocycles. The van der Waals surface area contributed by atoms with Crippen molar-refractivity contribution in [1.82, 2.24) is 4.90 Å². The van der Waals surface area contributed by atoms with Gasteiger partial charge in [-0.3, -0.25) is 19.3 Å². The minimum Gasteiger partial charge on any atom is -0.324 e. The number of nitrogens with one attached hydrogen (secondary N) is 1. The van der Waals surface area contributed by atoms with Crippen LogP contribution < -0.4 is 5.32 Å². The zero-order chi connectivity index (χ0) is 25.5. The Hall–Kier alpha value is -3.67. The molecule has 4 aromatic rings. The molecule has 0 radical (unpaired) electrons. The van der Waals surface area contributed by atoms with Crippen molar-refractivity contribution in [3.63, 3.8) is 0 Å². The van der Waals surface area contributed by atoms with Gasteiger partial charge in [0.05, 0.1) is 11.8 Å². The molecule has 37 heavy (non-hydrogen) atoms. The molecule has 0 spiro atoms. The van der Waals surface area contributed by atoms with Crippen molar-refractivity contribution in [2.45, 2.75) is 9.75 Å². The van der Waals surface area contributed by atoms with Gasteiger partial charge in [0.2, 0.25) is 17.7 Å². The normalized spacial score (nSPS) is 27.1. The fourth-order valence-corrected chi connectivity index (χ4v) is 7.65. The number of fused-ring (bicyclic) bond motifs is 1. The van der Waals surface area contributed by atoms with Gasteiger partial charge in [0.1, 0.15) is 16.3 Å². The Balaban J connectivity index is 1.28. The van der Waals surface area contributed by atoms with Crippen LogP contribution in [-0.2, 0) is 24.1 Å². The zero-order valence-electron chi connectivity index (χ0n) is 19.4. The van der Waals surface area contributed by atoms with Crippen LogP contribution >= 0.6 is 23.2 Å². The molecule has 4 aromatic carbocycles. The monoisotopic (exact) mass is 526 g/mol. The first kappa shape index (κ1) is 22.5. The number of likely N-dealkylation sites (tertiary alicyclic amines) is 1. The summed E-state index contributed by atoms with van der Waals surface area (Å²) in [5.41, 5.74) is 3.54. The van der Waals surface area contributed by atoms with E-state index in [0.29, 0.717) is 5.69 Å². The predicted molar refractivity (Wildman–Crippen MR) is 142 cm³/mol. The molecule has 182 valence electrons. The van der Waals surface area contributed by atoms with E-state index in [1.54, 1.807) is 6.07 Å². The average Bonchev–Trinajstić information content (AvgIpc) is 3.18. The molecule has 8 rings (SSSR count). The number of halogens is 2. The minimum absolute atomic E-state index is 0.416. The van der Waals surface area contributed by atoms with E-state index in [2.05, 4.69) is 5.32 Å². The Kier molecular flexibility index (Phi) is 4.67. The molecule has 0 aromatic heterocycles. The molecule has 1 N–H and O–H groups in total. The second kappa shape index (κ2) is 7.67. The van der Waals surface area contributed by atoms with Gasteiger partial charge in [-0.15, -0.1) is 23.2 Å². The number of hydrogen-bond donors (Lipinski definition) is 1. The molecule has 5 nitrogen and oxygen atoms in total. The van der Waals surface area contributed by atoms with Crippen molar-refractivity contribution in [2.24, 2.45) is 11.8 Å². The molecule has 0 saturated carbocycles. The first-order chi connectivity index (χ1) is 17.9. The SMILES string of the molecule is O=C(CN1C(=O)[C@@H]2[C@H](C1=O)C1(Cl)c3ccccc3C2(Cl)c2ccccc21)Nc1cccc2ccccc12. The Labute approximate surface area is 223 Å². The van der Waals surface area contributed by atoms with Crippen molar-refractivity contribution in [3.8, 4) is 0 Å². The molecule has 2 atom stereocenters. The minimum atomic E-state index is -1.26. The predicted octanol–water partition coefficient (Wildman–Crippen LogP) is 5.37. The topological polar surface area (TPSA) is 66.5 Å². The number of alkyl halides is 2. The highest BCUT2D eigenvalue weighted by atomic mass is 35.5. The molecule has 7 heteroatoms.